The summed E-state index contributed by atoms with van der Waals surface area (Å²) >= 11 is 0. The van der Waals surface area contributed by atoms with Crippen LogP contribution in [0.15, 0.2) is 23.2 Å². The largest absolute Gasteiger partial charge is 0.511 e. The molecule has 1 heterocycles. The van der Waals surface area contributed by atoms with Gasteiger partial charge in [-0.25, -0.2) is 17.8 Å². The summed E-state index contributed by atoms with van der Waals surface area (Å²) in [6.45, 7) is 1.98. The molecule has 29 heavy (non-hydrogen) atoms. The molecule has 1 saturated heterocycles. The number of phenols is 1. The van der Waals surface area contributed by atoms with E-state index in [1.807, 2.05) is 6.92 Å². The molecular weight excluding hydrogens is 531 g/mol. The Morgan fingerprint density at radius 1 is 1.31 bits per heavy atom. The smallest absolute Gasteiger partial charge is 0.505 e. The average molecular weight is 554 g/mol. The fourth-order valence-corrected chi connectivity index (χ4v) is 3.70. The van der Waals surface area contributed by atoms with Crippen molar-refractivity contribution >= 4 is 40.0 Å². The van der Waals surface area contributed by atoms with E-state index in [0.29, 0.717) is 22.4 Å². The molecule has 0 spiro atoms. The highest BCUT2D eigenvalue weighted by Gasteiger charge is 2.50. The number of alkyl halides is 3. The van der Waals surface area contributed by atoms with E-state index in [-0.39, 0.29) is 62.5 Å². The van der Waals surface area contributed by atoms with E-state index < -0.39 is 27.1 Å². The minimum Gasteiger partial charge on any atom is -0.505 e. The van der Waals surface area contributed by atoms with Gasteiger partial charge >= 0.3 is 15.5 Å². The summed E-state index contributed by atoms with van der Waals surface area (Å²) in [4.78, 5) is 4.29. The maximum atomic E-state index is 13.4. The molecule has 0 radical (unpaired) electrons. The summed E-state index contributed by atoms with van der Waals surface area (Å²) in [5, 5.41) is 15.2. The minimum atomic E-state index is -5.31. The summed E-state index contributed by atoms with van der Waals surface area (Å²) < 4.78 is 74.6. The molecule has 1 aromatic carbocycles. The second-order valence-corrected chi connectivity index (χ2v) is 8.18. The van der Waals surface area contributed by atoms with Crippen molar-refractivity contribution in [3.63, 3.8) is 0 Å². The zero-order valence-electron chi connectivity index (χ0n) is 15.5. The number of aliphatic imine (C=N–C) groups is 1. The second-order valence-electron chi connectivity index (χ2n) is 6.25. The minimum absolute atomic E-state index is 0. The molecule has 3 N–H and O–H groups in total. The molecule has 0 saturated carbocycles. The number of nitrogens with one attached hydrogen (secondary N) is 2. The van der Waals surface area contributed by atoms with Gasteiger partial charge in [-0.15, -0.1) is 24.0 Å². The molecule has 2 rings (SSSR count). The van der Waals surface area contributed by atoms with Crippen molar-refractivity contribution in [3.8, 4) is 5.75 Å². The van der Waals surface area contributed by atoms with Crippen LogP contribution in [0.1, 0.15) is 25.3 Å². The van der Waals surface area contributed by atoms with Crippen molar-refractivity contribution in [2.45, 2.75) is 37.9 Å². The molecule has 166 valence electrons. The molecule has 1 aromatic rings. The quantitative estimate of drug-likeness (QED) is 0.225. The Morgan fingerprint density at radius 2 is 1.93 bits per heavy atom. The van der Waals surface area contributed by atoms with Crippen molar-refractivity contribution in [1.29, 1.82) is 0 Å². The molecule has 0 bridgehead atoms. The van der Waals surface area contributed by atoms with E-state index in [1.165, 1.54) is 12.1 Å². The number of piperidine rings is 1. The van der Waals surface area contributed by atoms with Crippen LogP contribution >= 0.6 is 24.0 Å². The van der Waals surface area contributed by atoms with Gasteiger partial charge in [-0.1, -0.05) is 6.07 Å². The van der Waals surface area contributed by atoms with Crippen LogP contribution in [-0.4, -0.2) is 55.0 Å². The number of halogens is 5. The summed E-state index contributed by atoms with van der Waals surface area (Å²) in [7, 11) is -5.31. The molecular formula is C16H23F4IN4O3S. The van der Waals surface area contributed by atoms with Crippen molar-refractivity contribution in [2.24, 2.45) is 4.99 Å². The van der Waals surface area contributed by atoms with E-state index in [2.05, 4.69) is 15.6 Å². The molecule has 1 fully saturated rings. The van der Waals surface area contributed by atoms with Gasteiger partial charge < -0.3 is 15.7 Å². The highest BCUT2D eigenvalue weighted by Crippen LogP contribution is 2.29. The molecule has 1 aliphatic heterocycles. The molecule has 0 aromatic heterocycles. The van der Waals surface area contributed by atoms with Crippen LogP contribution in [0.2, 0.25) is 0 Å². The first kappa shape index (κ1) is 25.7. The van der Waals surface area contributed by atoms with Crippen LogP contribution in [0, 0.1) is 5.82 Å². The Morgan fingerprint density at radius 3 is 2.45 bits per heavy atom. The molecule has 7 nitrogen and oxygen atoms in total. The molecule has 0 atom stereocenters. The number of nitrogens with zero attached hydrogens (tertiary/aromatic N) is 2. The zero-order chi connectivity index (χ0) is 20.9. The SMILES string of the molecule is CCNC(=NCc1ccc(O)c(F)c1)NC1CCN(S(=O)(=O)C(F)(F)F)CC1.I. The third-order valence-electron chi connectivity index (χ3n) is 4.20. The van der Waals surface area contributed by atoms with Gasteiger partial charge in [-0.2, -0.15) is 17.5 Å². The second kappa shape index (κ2) is 10.6. The first-order valence-corrected chi connectivity index (χ1v) is 10.1. The van der Waals surface area contributed by atoms with Crippen molar-refractivity contribution < 1.29 is 31.1 Å². The topological polar surface area (TPSA) is 94.0 Å². The Labute approximate surface area is 183 Å². The van der Waals surface area contributed by atoms with E-state index in [4.69, 9.17) is 0 Å². The van der Waals surface area contributed by atoms with Gasteiger partial charge in [0.25, 0.3) is 0 Å². The number of benzene rings is 1. The average Bonchev–Trinajstić information content (AvgIpc) is 2.62. The van der Waals surface area contributed by atoms with Crippen LogP contribution in [0.25, 0.3) is 0 Å². The molecule has 1 aliphatic rings. The first-order valence-electron chi connectivity index (χ1n) is 8.63. The zero-order valence-corrected chi connectivity index (χ0v) is 18.7. The van der Waals surface area contributed by atoms with E-state index in [0.717, 1.165) is 6.07 Å². The number of hydrogen-bond acceptors (Lipinski definition) is 4. The Balaban J connectivity index is 0.00000420. The third kappa shape index (κ3) is 6.84. The third-order valence-corrected chi connectivity index (χ3v) is 5.83. The lowest BCUT2D eigenvalue weighted by atomic mass is 10.1. The van der Waals surface area contributed by atoms with Crippen molar-refractivity contribution in [3.05, 3.63) is 29.6 Å². The fourth-order valence-electron chi connectivity index (χ4n) is 2.72. The van der Waals surface area contributed by atoms with Gasteiger partial charge in [0.05, 0.1) is 6.54 Å². The van der Waals surface area contributed by atoms with Gasteiger partial charge in [0.2, 0.25) is 0 Å². The monoisotopic (exact) mass is 554 g/mol. The number of aromatic hydroxyl groups is 1. The lowest BCUT2D eigenvalue weighted by molar-refractivity contribution is -0.0494. The Kier molecular flexibility index (Phi) is 9.40. The highest BCUT2D eigenvalue weighted by atomic mass is 127. The first-order chi connectivity index (χ1) is 13.0. The number of guanidine groups is 1. The van der Waals surface area contributed by atoms with Crippen LogP contribution < -0.4 is 10.6 Å². The summed E-state index contributed by atoms with van der Waals surface area (Å²) in [5.41, 5.74) is -4.78. The van der Waals surface area contributed by atoms with E-state index in [9.17, 15) is 31.1 Å². The molecule has 0 unspecified atom stereocenters. The standard InChI is InChI=1S/C16H22F4N4O3S.HI/c1-2-21-15(22-10-11-3-4-14(25)13(17)9-11)23-12-5-7-24(8-6-12)28(26,27)16(18,19)20;/h3-4,9,12,25H,2,5-8,10H2,1H3,(H2,21,22,23);1H. The van der Waals surface area contributed by atoms with Gasteiger partial charge in [0.15, 0.2) is 17.5 Å². The summed E-state index contributed by atoms with van der Waals surface area (Å²) in [5.74, 6) is -0.838. The van der Waals surface area contributed by atoms with Crippen LogP contribution in [-0.2, 0) is 16.6 Å². The predicted molar refractivity (Wildman–Crippen MR) is 111 cm³/mol. The van der Waals surface area contributed by atoms with Crippen molar-refractivity contribution in [1.82, 2.24) is 14.9 Å². The number of rotatable bonds is 5. The lowest BCUT2D eigenvalue weighted by Gasteiger charge is -2.32. The maximum Gasteiger partial charge on any atom is 0.511 e. The van der Waals surface area contributed by atoms with Crippen LogP contribution in [0.4, 0.5) is 17.6 Å². The van der Waals surface area contributed by atoms with E-state index >= 15 is 0 Å². The van der Waals surface area contributed by atoms with Crippen LogP contribution in [0.5, 0.6) is 5.75 Å². The van der Waals surface area contributed by atoms with Crippen LogP contribution in [0.3, 0.4) is 0 Å². The lowest BCUT2D eigenvalue weighted by Crippen LogP contribution is -2.51. The number of hydrogen-bond donors (Lipinski definition) is 3. The molecule has 0 aliphatic carbocycles. The Bertz CT molecular complexity index is 813. The normalized spacial score (nSPS) is 16.9. The summed E-state index contributed by atoms with van der Waals surface area (Å²) in [6.07, 6.45) is 0.376. The van der Waals surface area contributed by atoms with Gasteiger partial charge in [-0.05, 0) is 37.5 Å². The van der Waals surface area contributed by atoms with Crippen molar-refractivity contribution in [2.75, 3.05) is 19.6 Å². The molecule has 0 amide bonds. The Hall–Kier alpha value is -1.35. The van der Waals surface area contributed by atoms with Gasteiger partial charge in [-0.3, -0.25) is 0 Å². The van der Waals surface area contributed by atoms with Gasteiger partial charge in [0, 0.05) is 25.7 Å². The molecule has 13 heteroatoms. The highest BCUT2D eigenvalue weighted by molar-refractivity contribution is 14.0. The number of sulfonamides is 1. The van der Waals surface area contributed by atoms with Gasteiger partial charge in [0.1, 0.15) is 0 Å². The van der Waals surface area contributed by atoms with E-state index in [1.54, 1.807) is 0 Å². The summed E-state index contributed by atoms with van der Waals surface area (Å²) in [6, 6.07) is 3.64. The predicted octanol–water partition coefficient (Wildman–Crippen LogP) is 2.52. The number of phenolic OH excluding ortho intramolecular Hbond substituents is 1. The maximum absolute atomic E-state index is 13.4. The fraction of sp³-hybridized carbons (Fsp3) is 0.562.